The van der Waals surface area contributed by atoms with E-state index in [0.29, 0.717) is 22.8 Å². The second kappa shape index (κ2) is 7.97. The number of quaternary nitrogens is 1. The van der Waals surface area contributed by atoms with Gasteiger partial charge in [0.15, 0.2) is 5.13 Å². The molecule has 1 aliphatic carbocycles. The van der Waals surface area contributed by atoms with Crippen molar-refractivity contribution in [3.05, 3.63) is 58.9 Å². The highest BCUT2D eigenvalue weighted by molar-refractivity contribution is 7.22. The number of carbonyl (C=O) groups is 1. The molecule has 0 atom stereocenters. The molecule has 0 fully saturated rings. The summed E-state index contributed by atoms with van der Waals surface area (Å²) in [4.78, 5) is 20.8. The van der Waals surface area contributed by atoms with E-state index in [1.807, 2.05) is 18.2 Å². The van der Waals surface area contributed by atoms with Crippen molar-refractivity contribution < 1.29 is 14.1 Å². The minimum atomic E-state index is -0.348. The molecule has 3 aromatic rings. The standard InChI is InChI=1S/C22H24FN3OS/c1-25(2)12-13-26(22-24-20-18(23)8-5-9-19(20)28-22)21(27)17-11-10-15-6-3-4-7-16(15)14-17/h5,8-11,14H,3-4,6-7,12-13H2,1-2H3/p+1. The van der Waals surface area contributed by atoms with Crippen LogP contribution in [0.4, 0.5) is 9.52 Å². The number of carbonyl (C=O) groups excluding carboxylic acids is 1. The molecule has 4 rings (SSSR count). The van der Waals surface area contributed by atoms with E-state index in [0.717, 1.165) is 24.1 Å². The van der Waals surface area contributed by atoms with E-state index >= 15 is 0 Å². The highest BCUT2D eigenvalue weighted by Gasteiger charge is 2.24. The van der Waals surface area contributed by atoms with Crippen molar-refractivity contribution in [3.8, 4) is 0 Å². The second-order valence-electron chi connectivity index (χ2n) is 7.69. The summed E-state index contributed by atoms with van der Waals surface area (Å²) in [6.45, 7) is 1.33. The normalized spacial score (nSPS) is 13.7. The van der Waals surface area contributed by atoms with Crippen LogP contribution in [0, 0.1) is 5.82 Å². The van der Waals surface area contributed by atoms with Gasteiger partial charge in [-0.3, -0.25) is 9.69 Å². The Labute approximate surface area is 168 Å². The zero-order valence-electron chi connectivity index (χ0n) is 16.3. The third-order valence-corrected chi connectivity index (χ3v) is 6.31. The number of halogens is 1. The molecule has 0 spiro atoms. The maximum Gasteiger partial charge on any atom is 0.260 e. The lowest BCUT2D eigenvalue weighted by Gasteiger charge is -2.22. The minimum Gasteiger partial charge on any atom is -0.338 e. The molecule has 28 heavy (non-hydrogen) atoms. The molecule has 0 bridgehead atoms. The van der Waals surface area contributed by atoms with Gasteiger partial charge in [0.1, 0.15) is 11.3 Å². The van der Waals surface area contributed by atoms with Gasteiger partial charge in [-0.05, 0) is 61.1 Å². The number of nitrogens with zero attached hydrogens (tertiary/aromatic N) is 2. The van der Waals surface area contributed by atoms with Gasteiger partial charge in [0.2, 0.25) is 0 Å². The molecule has 1 heterocycles. The van der Waals surface area contributed by atoms with E-state index in [-0.39, 0.29) is 11.7 Å². The number of para-hydroxylation sites is 1. The smallest absolute Gasteiger partial charge is 0.260 e. The van der Waals surface area contributed by atoms with Crippen molar-refractivity contribution in [3.63, 3.8) is 0 Å². The first kappa shape index (κ1) is 19.0. The lowest BCUT2D eigenvalue weighted by molar-refractivity contribution is -0.856. The highest BCUT2D eigenvalue weighted by atomic mass is 32.1. The predicted octanol–water partition coefficient (Wildman–Crippen LogP) is 3.11. The maximum atomic E-state index is 14.1. The number of fused-ring (bicyclic) bond motifs is 2. The summed E-state index contributed by atoms with van der Waals surface area (Å²) in [5.41, 5.74) is 3.66. The summed E-state index contributed by atoms with van der Waals surface area (Å²) in [5.74, 6) is -0.409. The van der Waals surface area contributed by atoms with Crippen LogP contribution in [-0.2, 0) is 12.8 Å². The molecule has 6 heteroatoms. The van der Waals surface area contributed by atoms with Crippen LogP contribution in [0.15, 0.2) is 36.4 Å². The molecule has 1 aromatic heterocycles. The lowest BCUT2D eigenvalue weighted by atomic mass is 9.90. The van der Waals surface area contributed by atoms with Crippen LogP contribution in [0.5, 0.6) is 0 Å². The third kappa shape index (κ3) is 3.80. The van der Waals surface area contributed by atoms with Gasteiger partial charge in [0.25, 0.3) is 5.91 Å². The van der Waals surface area contributed by atoms with E-state index in [1.54, 1.807) is 11.0 Å². The molecule has 1 aliphatic rings. The first-order chi connectivity index (χ1) is 13.5. The van der Waals surface area contributed by atoms with Crippen molar-refractivity contribution in [2.45, 2.75) is 25.7 Å². The molecule has 1 N–H and O–H groups in total. The molecule has 0 saturated carbocycles. The Morgan fingerprint density at radius 3 is 2.71 bits per heavy atom. The number of amides is 1. The number of anilines is 1. The molecular weight excluding hydrogens is 373 g/mol. The van der Waals surface area contributed by atoms with Crippen LogP contribution in [-0.4, -0.2) is 38.1 Å². The van der Waals surface area contributed by atoms with E-state index < -0.39 is 0 Å². The molecule has 0 unspecified atom stereocenters. The van der Waals surface area contributed by atoms with Gasteiger partial charge in [-0.2, -0.15) is 0 Å². The van der Waals surface area contributed by atoms with Crippen LogP contribution in [0.25, 0.3) is 10.2 Å². The number of aromatic nitrogens is 1. The van der Waals surface area contributed by atoms with E-state index in [1.165, 1.54) is 46.3 Å². The first-order valence-corrected chi connectivity index (χ1v) is 10.6. The van der Waals surface area contributed by atoms with E-state index in [9.17, 15) is 9.18 Å². The molecular formula is C22H25FN3OS+. The highest BCUT2D eigenvalue weighted by Crippen LogP contribution is 2.31. The average Bonchev–Trinajstić information content (AvgIpc) is 3.12. The maximum absolute atomic E-state index is 14.1. The fraction of sp³-hybridized carbons (Fsp3) is 0.364. The molecule has 146 valence electrons. The number of nitrogens with one attached hydrogen (secondary N) is 1. The Morgan fingerprint density at radius 1 is 1.18 bits per heavy atom. The SMILES string of the molecule is C[NH+](C)CCN(C(=O)c1ccc2c(c1)CCCC2)c1nc2c(F)cccc2s1. The fourth-order valence-corrected chi connectivity index (χ4v) is 4.66. The van der Waals surface area contributed by atoms with E-state index in [4.69, 9.17) is 0 Å². The molecule has 1 amide bonds. The lowest BCUT2D eigenvalue weighted by Crippen LogP contribution is -3.06. The number of rotatable bonds is 5. The predicted molar refractivity (Wildman–Crippen MR) is 112 cm³/mol. The van der Waals surface area contributed by atoms with Crippen molar-refractivity contribution in [1.29, 1.82) is 0 Å². The van der Waals surface area contributed by atoms with E-state index in [2.05, 4.69) is 25.1 Å². The fourth-order valence-electron chi connectivity index (χ4n) is 3.66. The second-order valence-corrected chi connectivity index (χ2v) is 8.70. The molecule has 0 radical (unpaired) electrons. The van der Waals surface area contributed by atoms with Crippen molar-refractivity contribution in [1.82, 2.24) is 4.98 Å². The minimum absolute atomic E-state index is 0.0610. The molecule has 4 nitrogen and oxygen atoms in total. The third-order valence-electron chi connectivity index (χ3n) is 5.27. The van der Waals surface area contributed by atoms with Crippen LogP contribution >= 0.6 is 11.3 Å². The number of hydrogen-bond donors (Lipinski definition) is 1. The molecule has 0 aliphatic heterocycles. The Kier molecular flexibility index (Phi) is 5.42. The number of aryl methyl sites for hydroxylation is 2. The van der Waals surface area contributed by atoms with Gasteiger partial charge in [-0.1, -0.05) is 23.5 Å². The zero-order valence-corrected chi connectivity index (χ0v) is 17.1. The van der Waals surface area contributed by atoms with Crippen LogP contribution in [0.1, 0.15) is 34.3 Å². The molecule has 0 saturated heterocycles. The largest absolute Gasteiger partial charge is 0.338 e. The first-order valence-electron chi connectivity index (χ1n) is 9.80. The Bertz CT molecular complexity index is 1010. The monoisotopic (exact) mass is 398 g/mol. The number of likely N-dealkylation sites (N-methyl/N-ethyl adjacent to an activating group) is 1. The Hall–Kier alpha value is -2.31. The van der Waals surface area contributed by atoms with Crippen molar-refractivity contribution in [2.24, 2.45) is 0 Å². The number of thiazole rings is 1. The van der Waals surface area contributed by atoms with Crippen LogP contribution in [0.2, 0.25) is 0 Å². The summed E-state index contributed by atoms with van der Waals surface area (Å²) in [5, 5.41) is 0.559. The summed E-state index contributed by atoms with van der Waals surface area (Å²) in [6.07, 6.45) is 4.52. The van der Waals surface area contributed by atoms with Crippen molar-refractivity contribution >= 4 is 32.6 Å². The Balaban J connectivity index is 1.70. The topological polar surface area (TPSA) is 37.6 Å². The summed E-state index contributed by atoms with van der Waals surface area (Å²) >= 11 is 1.37. The number of benzene rings is 2. The summed E-state index contributed by atoms with van der Waals surface area (Å²) in [6, 6.07) is 11.0. The van der Waals surface area contributed by atoms with Gasteiger partial charge < -0.3 is 4.90 Å². The molecule has 2 aromatic carbocycles. The van der Waals surface area contributed by atoms with Gasteiger partial charge in [-0.15, -0.1) is 0 Å². The van der Waals surface area contributed by atoms with Gasteiger partial charge in [0.05, 0.1) is 31.9 Å². The summed E-state index contributed by atoms with van der Waals surface area (Å²) in [7, 11) is 4.11. The summed E-state index contributed by atoms with van der Waals surface area (Å²) < 4.78 is 14.9. The van der Waals surface area contributed by atoms with Gasteiger partial charge in [0, 0.05) is 5.56 Å². The van der Waals surface area contributed by atoms with Crippen LogP contribution in [0.3, 0.4) is 0 Å². The number of hydrogen-bond acceptors (Lipinski definition) is 3. The average molecular weight is 399 g/mol. The van der Waals surface area contributed by atoms with Gasteiger partial charge in [-0.25, -0.2) is 9.37 Å². The quantitative estimate of drug-likeness (QED) is 0.717. The van der Waals surface area contributed by atoms with Gasteiger partial charge >= 0.3 is 0 Å². The Morgan fingerprint density at radius 2 is 1.96 bits per heavy atom. The zero-order chi connectivity index (χ0) is 19.7. The van der Waals surface area contributed by atoms with Crippen molar-refractivity contribution in [2.75, 3.05) is 32.1 Å². The van der Waals surface area contributed by atoms with Crippen LogP contribution < -0.4 is 9.80 Å².